The van der Waals surface area contributed by atoms with Gasteiger partial charge in [0.25, 0.3) is 6.43 Å². The molecule has 0 amide bonds. The summed E-state index contributed by atoms with van der Waals surface area (Å²) in [4.78, 5) is 14.4. The number of carbonyl (C=O) groups is 1. The Morgan fingerprint density at radius 1 is 1.62 bits per heavy atom. The molecule has 0 aliphatic carbocycles. The van der Waals surface area contributed by atoms with Crippen LogP contribution in [-0.4, -0.2) is 10.8 Å². The largest absolute Gasteiger partial charge is 0.294 e. The van der Waals surface area contributed by atoms with E-state index in [-0.39, 0.29) is 5.56 Å². The molecular weight excluding hydrogens is 244 g/mol. The molecule has 1 heterocycles. The van der Waals surface area contributed by atoms with E-state index in [9.17, 15) is 13.6 Å². The Morgan fingerprint density at radius 2 is 2.23 bits per heavy atom. The van der Waals surface area contributed by atoms with Crippen LogP contribution >= 0.6 is 15.9 Å². The predicted molar refractivity (Wildman–Crippen MR) is 46.9 cm³/mol. The van der Waals surface area contributed by atoms with Gasteiger partial charge in [0.05, 0.1) is 0 Å². The number of aromatic nitrogens is 1. The summed E-state index contributed by atoms with van der Waals surface area (Å²) in [6, 6.07) is 1.34. The van der Waals surface area contributed by atoms with Crippen molar-refractivity contribution in [2.45, 2.75) is 13.3 Å². The lowest BCUT2D eigenvalue weighted by molar-refractivity contribution is 0.0995. The number of hydrogen-bond donors (Lipinski definition) is 0. The Morgan fingerprint density at radius 3 is 2.69 bits per heavy atom. The quantitative estimate of drug-likeness (QED) is 0.755. The molecule has 0 spiro atoms. The first kappa shape index (κ1) is 10.2. The first-order valence-electron chi connectivity index (χ1n) is 3.47. The van der Waals surface area contributed by atoms with Crippen LogP contribution < -0.4 is 0 Å². The topological polar surface area (TPSA) is 30.0 Å². The van der Waals surface area contributed by atoms with Gasteiger partial charge in [-0.25, -0.2) is 8.78 Å². The molecule has 2 nitrogen and oxygen atoms in total. The van der Waals surface area contributed by atoms with E-state index in [1.807, 2.05) is 0 Å². The van der Waals surface area contributed by atoms with E-state index in [1.165, 1.54) is 19.2 Å². The average molecular weight is 250 g/mol. The Bertz CT molecular complexity index is 341. The molecule has 5 heteroatoms. The SMILES string of the molecule is CC(=O)c1cc(Br)cnc1C(F)F. The third-order valence-corrected chi connectivity index (χ3v) is 1.90. The van der Waals surface area contributed by atoms with Gasteiger partial charge in [0.1, 0.15) is 5.69 Å². The molecule has 1 aromatic heterocycles. The van der Waals surface area contributed by atoms with Crippen molar-refractivity contribution in [1.29, 1.82) is 0 Å². The van der Waals surface area contributed by atoms with Gasteiger partial charge in [0.2, 0.25) is 0 Å². The highest BCUT2D eigenvalue weighted by atomic mass is 79.9. The number of rotatable bonds is 2. The van der Waals surface area contributed by atoms with Gasteiger partial charge in [-0.2, -0.15) is 0 Å². The van der Waals surface area contributed by atoms with E-state index < -0.39 is 17.9 Å². The Kier molecular flexibility index (Phi) is 3.08. The van der Waals surface area contributed by atoms with Crippen LogP contribution in [0.1, 0.15) is 29.4 Å². The summed E-state index contributed by atoms with van der Waals surface area (Å²) in [5.74, 6) is -0.413. The summed E-state index contributed by atoms with van der Waals surface area (Å²) in [5, 5.41) is 0. The number of ketones is 1. The summed E-state index contributed by atoms with van der Waals surface area (Å²) >= 11 is 3.05. The van der Waals surface area contributed by atoms with E-state index in [0.717, 1.165) is 0 Å². The fraction of sp³-hybridized carbons (Fsp3) is 0.250. The van der Waals surface area contributed by atoms with Gasteiger partial charge >= 0.3 is 0 Å². The molecule has 0 N–H and O–H groups in total. The second kappa shape index (κ2) is 3.91. The molecule has 70 valence electrons. The average Bonchev–Trinajstić information content (AvgIpc) is 2.03. The highest BCUT2D eigenvalue weighted by Crippen LogP contribution is 2.23. The number of carbonyl (C=O) groups excluding carboxylic acids is 1. The molecule has 0 unspecified atom stereocenters. The molecule has 0 aromatic carbocycles. The lowest BCUT2D eigenvalue weighted by atomic mass is 10.1. The first-order chi connectivity index (χ1) is 6.02. The second-order valence-corrected chi connectivity index (χ2v) is 3.36. The van der Waals surface area contributed by atoms with Crippen molar-refractivity contribution < 1.29 is 13.6 Å². The molecule has 13 heavy (non-hydrogen) atoms. The molecule has 1 aromatic rings. The third kappa shape index (κ3) is 2.30. The molecule has 0 atom stereocenters. The molecule has 0 saturated heterocycles. The van der Waals surface area contributed by atoms with Crippen molar-refractivity contribution in [2.75, 3.05) is 0 Å². The zero-order valence-electron chi connectivity index (χ0n) is 6.72. The molecule has 0 aliphatic heterocycles. The molecule has 0 saturated carbocycles. The van der Waals surface area contributed by atoms with E-state index >= 15 is 0 Å². The maximum absolute atomic E-state index is 12.3. The van der Waals surface area contributed by atoms with Crippen LogP contribution in [0.3, 0.4) is 0 Å². The minimum atomic E-state index is -2.72. The van der Waals surface area contributed by atoms with Gasteiger partial charge in [-0.15, -0.1) is 0 Å². The van der Waals surface area contributed by atoms with Gasteiger partial charge in [-0.3, -0.25) is 9.78 Å². The normalized spacial score (nSPS) is 10.5. The monoisotopic (exact) mass is 249 g/mol. The van der Waals surface area contributed by atoms with Gasteiger partial charge in [0, 0.05) is 16.2 Å². The summed E-state index contributed by atoms with van der Waals surface area (Å²) in [6.45, 7) is 1.23. The fourth-order valence-corrected chi connectivity index (χ4v) is 1.24. The number of alkyl halides is 2. The minimum Gasteiger partial charge on any atom is -0.294 e. The lowest BCUT2D eigenvalue weighted by Gasteiger charge is -2.04. The smallest absolute Gasteiger partial charge is 0.281 e. The van der Waals surface area contributed by atoms with Crippen molar-refractivity contribution in [3.05, 3.63) is 28.0 Å². The number of Topliss-reactive ketones (excluding diaryl/α,β-unsaturated/α-hetero) is 1. The van der Waals surface area contributed by atoms with E-state index in [1.54, 1.807) is 0 Å². The summed E-state index contributed by atoms with van der Waals surface area (Å²) < 4.78 is 25.1. The number of pyridine rings is 1. The highest BCUT2D eigenvalue weighted by molar-refractivity contribution is 9.10. The number of halogens is 3. The van der Waals surface area contributed by atoms with Gasteiger partial charge < -0.3 is 0 Å². The zero-order chi connectivity index (χ0) is 10.0. The van der Waals surface area contributed by atoms with Crippen LogP contribution in [0.25, 0.3) is 0 Å². The van der Waals surface area contributed by atoms with Crippen LogP contribution in [0.5, 0.6) is 0 Å². The zero-order valence-corrected chi connectivity index (χ0v) is 8.31. The Balaban J connectivity index is 3.27. The van der Waals surface area contributed by atoms with Crippen LogP contribution in [0.15, 0.2) is 16.7 Å². The summed E-state index contributed by atoms with van der Waals surface area (Å²) in [6.07, 6.45) is -1.47. The van der Waals surface area contributed by atoms with Crippen molar-refractivity contribution in [3.63, 3.8) is 0 Å². The summed E-state index contributed by atoms with van der Waals surface area (Å²) in [5.41, 5.74) is -0.500. The van der Waals surface area contributed by atoms with Crippen LogP contribution in [-0.2, 0) is 0 Å². The standard InChI is InChI=1S/C8H6BrF2NO/c1-4(13)6-2-5(9)3-12-7(6)8(10)11/h2-3,8H,1H3. The summed E-state index contributed by atoms with van der Waals surface area (Å²) in [7, 11) is 0. The van der Waals surface area contributed by atoms with Crippen LogP contribution in [0.4, 0.5) is 8.78 Å². The van der Waals surface area contributed by atoms with Crippen molar-refractivity contribution >= 4 is 21.7 Å². The van der Waals surface area contributed by atoms with Crippen molar-refractivity contribution in [3.8, 4) is 0 Å². The number of nitrogens with zero attached hydrogens (tertiary/aromatic N) is 1. The second-order valence-electron chi connectivity index (χ2n) is 2.44. The Hall–Kier alpha value is -0.840. The molecule has 0 aliphatic rings. The molecular formula is C8H6BrF2NO. The van der Waals surface area contributed by atoms with Gasteiger partial charge in [-0.05, 0) is 28.9 Å². The van der Waals surface area contributed by atoms with E-state index in [4.69, 9.17) is 0 Å². The van der Waals surface area contributed by atoms with E-state index in [2.05, 4.69) is 20.9 Å². The predicted octanol–water partition coefficient (Wildman–Crippen LogP) is 2.98. The Labute approximate surface area is 82.1 Å². The molecule has 0 fully saturated rings. The van der Waals surface area contributed by atoms with Gasteiger partial charge in [-0.1, -0.05) is 0 Å². The third-order valence-electron chi connectivity index (χ3n) is 1.47. The first-order valence-corrected chi connectivity index (χ1v) is 4.26. The fourth-order valence-electron chi connectivity index (χ4n) is 0.906. The molecule has 0 bridgehead atoms. The van der Waals surface area contributed by atoms with Crippen molar-refractivity contribution in [2.24, 2.45) is 0 Å². The van der Waals surface area contributed by atoms with Gasteiger partial charge in [0.15, 0.2) is 5.78 Å². The number of hydrogen-bond acceptors (Lipinski definition) is 2. The highest BCUT2D eigenvalue weighted by Gasteiger charge is 2.17. The van der Waals surface area contributed by atoms with Crippen LogP contribution in [0.2, 0.25) is 0 Å². The minimum absolute atomic E-state index is 0.0376. The lowest BCUT2D eigenvalue weighted by Crippen LogP contribution is -2.02. The maximum Gasteiger partial charge on any atom is 0.281 e. The molecule has 0 radical (unpaired) electrons. The van der Waals surface area contributed by atoms with E-state index in [0.29, 0.717) is 4.47 Å². The maximum atomic E-state index is 12.3. The van der Waals surface area contributed by atoms with Crippen molar-refractivity contribution in [1.82, 2.24) is 4.98 Å². The molecule has 1 rings (SSSR count). The van der Waals surface area contributed by atoms with Crippen LogP contribution in [0, 0.1) is 0 Å².